The van der Waals surface area contributed by atoms with Gasteiger partial charge in [-0.1, -0.05) is 12.1 Å². The van der Waals surface area contributed by atoms with Gasteiger partial charge in [0.15, 0.2) is 23.0 Å². The van der Waals surface area contributed by atoms with Crippen LogP contribution in [0, 0.1) is 0 Å². The number of aliphatic hydroxyl groups is 7. The molecule has 21 nitrogen and oxygen atoms in total. The predicted molar refractivity (Wildman–Crippen MR) is 195 cm³/mol. The van der Waals surface area contributed by atoms with E-state index >= 15 is 0 Å². The van der Waals surface area contributed by atoms with Crippen molar-refractivity contribution in [2.75, 3.05) is 13.2 Å². The van der Waals surface area contributed by atoms with Gasteiger partial charge in [-0.15, -0.1) is 0 Å². The number of phenols is 3. The number of fused-ring (bicyclic) bond motifs is 1. The number of aliphatic carboxylic acids is 1. The summed E-state index contributed by atoms with van der Waals surface area (Å²) in [5.74, 6) is -5.92. The van der Waals surface area contributed by atoms with E-state index in [1.165, 1.54) is 48.6 Å². The molecule has 0 aromatic heterocycles. The molecule has 11 atom stereocenters. The number of carbonyl (C=O) groups is 3. The zero-order valence-corrected chi connectivity index (χ0v) is 30.9. The molecule has 6 rings (SSSR count). The fourth-order valence-corrected chi connectivity index (χ4v) is 6.22. The van der Waals surface area contributed by atoms with Gasteiger partial charge in [0, 0.05) is 29.4 Å². The number of benzene rings is 2. The van der Waals surface area contributed by atoms with Crippen molar-refractivity contribution in [1.29, 1.82) is 0 Å². The van der Waals surface area contributed by atoms with Crippen LogP contribution < -0.4 is 0 Å². The molecule has 0 bridgehead atoms. The van der Waals surface area contributed by atoms with Crippen LogP contribution in [0.4, 0.5) is 0 Å². The number of hydrogen-bond acceptors (Lipinski definition) is 20. The fraction of sp³-hybridized carbons (Fsp3) is 0.359. The average molecular weight is 845 g/mol. The molecule has 2 saturated heterocycles. The summed E-state index contributed by atoms with van der Waals surface area (Å²) in [5, 5.41) is 114. The van der Waals surface area contributed by atoms with Crippen molar-refractivity contribution in [3.8, 4) is 17.2 Å². The first kappa shape index (κ1) is 43.4. The van der Waals surface area contributed by atoms with Crippen LogP contribution in [-0.4, -0.2) is 155 Å². The number of rotatable bonds is 13. The van der Waals surface area contributed by atoms with Crippen LogP contribution in [0.15, 0.2) is 89.6 Å². The molecule has 322 valence electrons. The number of carbonyl (C=O) groups excluding carboxylic acids is 2. The van der Waals surface area contributed by atoms with E-state index in [0.29, 0.717) is 5.56 Å². The first-order chi connectivity index (χ1) is 28.5. The first-order valence-corrected chi connectivity index (χ1v) is 18.0. The highest BCUT2D eigenvalue weighted by molar-refractivity contribution is 5.90. The summed E-state index contributed by atoms with van der Waals surface area (Å²) in [4.78, 5) is 35.2. The highest BCUT2D eigenvalue weighted by Crippen LogP contribution is 2.41. The normalized spacial score (nSPS) is 30.2. The number of carboxylic acid groups (broad SMARTS) is 1. The Balaban J connectivity index is 1.26. The monoisotopic (exact) mass is 844 g/mol. The van der Waals surface area contributed by atoms with Crippen molar-refractivity contribution in [2.45, 2.75) is 73.9 Å². The lowest BCUT2D eigenvalue weighted by atomic mass is 9.96. The van der Waals surface area contributed by atoms with Crippen molar-refractivity contribution < 1.29 is 104 Å². The molecule has 1 aliphatic carbocycles. The second-order valence-electron chi connectivity index (χ2n) is 13.7. The topological polar surface area (TPSA) is 338 Å². The molecule has 11 N–H and O–H groups in total. The Bertz CT molecular complexity index is 2090. The van der Waals surface area contributed by atoms with Crippen molar-refractivity contribution in [2.24, 2.45) is 0 Å². The molecular formula is C39H40O21. The minimum absolute atomic E-state index is 0.00664. The molecule has 3 aliphatic heterocycles. The van der Waals surface area contributed by atoms with E-state index in [0.717, 1.165) is 24.3 Å². The minimum Gasteiger partial charge on any atom is -0.508 e. The molecule has 0 amide bonds. The van der Waals surface area contributed by atoms with Gasteiger partial charge in [0.1, 0.15) is 91.8 Å². The van der Waals surface area contributed by atoms with Gasteiger partial charge in [0.05, 0.1) is 0 Å². The number of aromatic hydroxyl groups is 3. The lowest BCUT2D eigenvalue weighted by Gasteiger charge is -2.42. The van der Waals surface area contributed by atoms with E-state index in [9.17, 15) is 65.4 Å². The lowest BCUT2D eigenvalue weighted by molar-refractivity contribution is -0.292. The number of ether oxygens (including phenoxy) is 7. The summed E-state index contributed by atoms with van der Waals surface area (Å²) in [7, 11) is 0. The maximum atomic E-state index is 12.5. The van der Waals surface area contributed by atoms with Gasteiger partial charge in [-0.05, 0) is 48.0 Å². The second kappa shape index (κ2) is 18.4. The summed E-state index contributed by atoms with van der Waals surface area (Å²) in [6, 6.07) is 9.38. The molecule has 11 unspecified atom stereocenters. The third kappa shape index (κ3) is 9.98. The van der Waals surface area contributed by atoms with Crippen LogP contribution in [0.5, 0.6) is 17.2 Å². The van der Waals surface area contributed by atoms with Gasteiger partial charge in [0.2, 0.25) is 12.6 Å². The largest absolute Gasteiger partial charge is 0.508 e. The molecule has 2 aromatic carbocycles. The van der Waals surface area contributed by atoms with Crippen LogP contribution in [-0.2, 0) is 47.5 Å². The Morgan fingerprint density at radius 2 is 1.32 bits per heavy atom. The molecule has 3 heterocycles. The van der Waals surface area contributed by atoms with E-state index in [1.807, 2.05) is 0 Å². The summed E-state index contributed by atoms with van der Waals surface area (Å²) < 4.78 is 39.4. The van der Waals surface area contributed by atoms with E-state index < -0.39 is 122 Å². The molecule has 60 heavy (non-hydrogen) atoms. The maximum absolute atomic E-state index is 12.5. The molecule has 2 fully saturated rings. The number of allylic oxidation sites excluding steroid dienone is 2. The minimum atomic E-state index is -1.96. The van der Waals surface area contributed by atoms with Crippen LogP contribution in [0.25, 0.3) is 11.8 Å². The fourth-order valence-electron chi connectivity index (χ4n) is 6.22. The third-order valence-corrected chi connectivity index (χ3v) is 9.41. The zero-order valence-electron chi connectivity index (χ0n) is 30.9. The van der Waals surface area contributed by atoms with Gasteiger partial charge in [-0.2, -0.15) is 0 Å². The van der Waals surface area contributed by atoms with Crippen LogP contribution in [0.2, 0.25) is 0 Å². The highest BCUT2D eigenvalue weighted by atomic mass is 16.7. The van der Waals surface area contributed by atoms with Gasteiger partial charge >= 0.3 is 17.9 Å². The van der Waals surface area contributed by atoms with Crippen LogP contribution in [0.3, 0.4) is 0 Å². The van der Waals surface area contributed by atoms with E-state index in [1.54, 1.807) is 0 Å². The van der Waals surface area contributed by atoms with E-state index in [-0.39, 0.29) is 34.2 Å². The Morgan fingerprint density at radius 1 is 0.700 bits per heavy atom. The summed E-state index contributed by atoms with van der Waals surface area (Å²) in [6.45, 7) is -1.41. The third-order valence-electron chi connectivity index (χ3n) is 9.41. The number of carboxylic acids is 1. The van der Waals surface area contributed by atoms with Gasteiger partial charge in [-0.25, -0.2) is 4.79 Å². The molecule has 0 saturated carbocycles. The standard InChI is InChI=1S/C39H40O21/c40-18-5-1-16(2-6-18)3-8-29(46)54-14-26-31(48)34(51)36(53)39(60-26)58-25-12-20-23(56-37(25)17-4-7-21(42)22(43)9-17)10-19(41)11-24(20)57-38-35(52)33(50)32(49)27(59-38)15-55-30(47)13-28(44)45/h1-12,23,26-27,31-36,38-43,48-53H,13-15H2,(H,44,45). The lowest BCUT2D eigenvalue weighted by Crippen LogP contribution is -2.59. The summed E-state index contributed by atoms with van der Waals surface area (Å²) >= 11 is 0. The quantitative estimate of drug-likeness (QED) is 0.0501. The second-order valence-corrected chi connectivity index (χ2v) is 13.7. The van der Waals surface area contributed by atoms with E-state index in [4.69, 9.17) is 38.3 Å². The van der Waals surface area contributed by atoms with Crippen molar-refractivity contribution in [3.05, 3.63) is 101 Å². The molecule has 2 aromatic rings. The van der Waals surface area contributed by atoms with Crippen molar-refractivity contribution >= 4 is 29.7 Å². The Hall–Kier alpha value is -6.17. The molecule has 0 spiro atoms. The number of esters is 2. The first-order valence-electron chi connectivity index (χ1n) is 18.0. The van der Waals surface area contributed by atoms with Crippen LogP contribution >= 0.6 is 0 Å². The summed E-state index contributed by atoms with van der Waals surface area (Å²) in [5.41, 5.74) is 0.614. The van der Waals surface area contributed by atoms with Crippen molar-refractivity contribution in [3.63, 3.8) is 0 Å². The SMILES string of the molecule is O=C(O)CC(=O)OCC1OC(OC2=CC(O)=CC3OC(c4ccc(O)c(O)c4)=C(OC4OC(COC(=O)C=Cc5ccc(O)cc5)C(O)C(O)C4O)C=C23)C(O)C(O)C1O. The van der Waals surface area contributed by atoms with Crippen LogP contribution in [0.1, 0.15) is 17.5 Å². The Kier molecular flexibility index (Phi) is 13.3. The Morgan fingerprint density at radius 3 is 1.93 bits per heavy atom. The average Bonchev–Trinajstić information content (AvgIpc) is 3.20. The number of hydrogen-bond donors (Lipinski definition) is 11. The molecule has 0 radical (unpaired) electrons. The number of aliphatic hydroxyl groups excluding tert-OH is 7. The summed E-state index contributed by atoms with van der Waals surface area (Å²) in [6.07, 6.45) is -14.5. The highest BCUT2D eigenvalue weighted by Gasteiger charge is 2.48. The Labute approximate surface area is 338 Å². The predicted octanol–water partition coefficient (Wildman–Crippen LogP) is -0.941. The number of phenolic OH excluding ortho intramolecular Hbond substituents is 3. The molecule has 4 aliphatic rings. The molecule has 21 heteroatoms. The van der Waals surface area contributed by atoms with Crippen molar-refractivity contribution in [1.82, 2.24) is 0 Å². The molecular weight excluding hydrogens is 804 g/mol. The zero-order chi connectivity index (χ0) is 43.4. The van der Waals surface area contributed by atoms with Gasteiger partial charge in [0.25, 0.3) is 0 Å². The smallest absolute Gasteiger partial charge is 0.330 e. The van der Waals surface area contributed by atoms with E-state index in [2.05, 4.69) is 0 Å². The van der Waals surface area contributed by atoms with Gasteiger partial charge < -0.3 is 89.3 Å². The maximum Gasteiger partial charge on any atom is 0.330 e. The van der Waals surface area contributed by atoms with Gasteiger partial charge in [-0.3, -0.25) is 9.59 Å².